The van der Waals surface area contributed by atoms with Crippen molar-refractivity contribution in [3.8, 4) is 6.07 Å². The van der Waals surface area contributed by atoms with Gasteiger partial charge in [0.1, 0.15) is 11.1 Å². The second-order valence-corrected chi connectivity index (χ2v) is 10.5. The lowest BCUT2D eigenvalue weighted by atomic mass is 9.79. The van der Waals surface area contributed by atoms with Crippen LogP contribution in [0.5, 0.6) is 0 Å². The van der Waals surface area contributed by atoms with Crippen LogP contribution in [-0.2, 0) is 22.4 Å². The van der Waals surface area contributed by atoms with Crippen molar-refractivity contribution >= 4 is 39.4 Å². The minimum absolute atomic E-state index is 0.0224. The zero-order chi connectivity index (χ0) is 20.8. The Morgan fingerprint density at radius 3 is 2.70 bits per heavy atom. The number of anilines is 1. The predicted octanol–water partition coefficient (Wildman–Crippen LogP) is 5.79. The van der Waals surface area contributed by atoms with E-state index in [1.54, 1.807) is 27.6 Å². The van der Waals surface area contributed by atoms with Gasteiger partial charge in [0.2, 0.25) is 5.91 Å². The summed E-state index contributed by atoms with van der Waals surface area (Å²) in [6.45, 7) is 2.06. The first kappa shape index (κ1) is 19.7. The molecule has 2 aromatic heterocycles. The Bertz CT molecular complexity index is 1110. The van der Waals surface area contributed by atoms with Crippen LogP contribution in [0, 0.1) is 18.3 Å². The highest BCUT2D eigenvalue weighted by atomic mass is 32.1. The summed E-state index contributed by atoms with van der Waals surface area (Å²) >= 11 is 3.25. The van der Waals surface area contributed by atoms with Crippen LogP contribution in [0.1, 0.15) is 77.3 Å². The largest absolute Gasteiger partial charge is 0.294 e. The van der Waals surface area contributed by atoms with E-state index >= 15 is 0 Å². The summed E-state index contributed by atoms with van der Waals surface area (Å²) in [6.07, 6.45) is 7.67. The minimum atomic E-state index is -0.139. The van der Waals surface area contributed by atoms with Gasteiger partial charge in [0.15, 0.2) is 5.78 Å². The second kappa shape index (κ2) is 7.79. The first-order valence-electron chi connectivity index (χ1n) is 10.8. The Morgan fingerprint density at radius 2 is 1.93 bits per heavy atom. The lowest BCUT2D eigenvalue weighted by Gasteiger charge is -2.37. The van der Waals surface area contributed by atoms with E-state index in [1.165, 1.54) is 11.3 Å². The number of rotatable bonds is 2. The van der Waals surface area contributed by atoms with Crippen molar-refractivity contribution in [2.45, 2.75) is 70.6 Å². The summed E-state index contributed by atoms with van der Waals surface area (Å²) in [7, 11) is 0. The molecule has 0 bridgehead atoms. The van der Waals surface area contributed by atoms with Crippen molar-refractivity contribution in [1.29, 1.82) is 5.26 Å². The molecule has 154 valence electrons. The van der Waals surface area contributed by atoms with Crippen LogP contribution in [-0.4, -0.2) is 11.7 Å². The van der Waals surface area contributed by atoms with Gasteiger partial charge in [-0.1, -0.05) is 6.42 Å². The number of aryl methyl sites for hydroxylation is 2. The van der Waals surface area contributed by atoms with Crippen LogP contribution < -0.4 is 4.90 Å². The van der Waals surface area contributed by atoms with Crippen LogP contribution in [0.3, 0.4) is 0 Å². The minimum Gasteiger partial charge on any atom is -0.294 e. The fraction of sp³-hybridized carbons (Fsp3) is 0.458. The van der Waals surface area contributed by atoms with Gasteiger partial charge in [0.05, 0.1) is 5.56 Å². The highest BCUT2D eigenvalue weighted by molar-refractivity contribution is 7.16. The molecule has 0 radical (unpaired) electrons. The fourth-order valence-corrected chi connectivity index (χ4v) is 7.61. The molecule has 1 amide bonds. The van der Waals surface area contributed by atoms with E-state index in [0.717, 1.165) is 70.8 Å². The maximum Gasteiger partial charge on any atom is 0.232 e. The second-order valence-electron chi connectivity index (χ2n) is 8.45. The molecule has 0 fully saturated rings. The van der Waals surface area contributed by atoms with Crippen molar-refractivity contribution in [3.63, 3.8) is 0 Å². The molecule has 3 heterocycles. The van der Waals surface area contributed by atoms with Crippen LogP contribution >= 0.6 is 22.7 Å². The van der Waals surface area contributed by atoms with Crippen molar-refractivity contribution in [3.05, 3.63) is 49.2 Å². The summed E-state index contributed by atoms with van der Waals surface area (Å²) in [5.74, 6) is 0.0530. The first-order chi connectivity index (χ1) is 14.6. The topological polar surface area (TPSA) is 61.2 Å². The van der Waals surface area contributed by atoms with E-state index in [4.69, 9.17) is 0 Å². The number of amides is 1. The Labute approximate surface area is 184 Å². The monoisotopic (exact) mass is 436 g/mol. The summed E-state index contributed by atoms with van der Waals surface area (Å²) < 4.78 is 0. The Hall–Kier alpha value is -2.23. The van der Waals surface area contributed by atoms with E-state index in [2.05, 4.69) is 19.1 Å². The molecule has 0 spiro atoms. The number of Topliss-reactive ketones (excluding diaryl/α,β-unsaturated/α-hetero) is 1. The molecule has 3 aliphatic rings. The third kappa shape index (κ3) is 3.07. The zero-order valence-corrected chi connectivity index (χ0v) is 18.8. The number of ketones is 1. The van der Waals surface area contributed by atoms with Crippen molar-refractivity contribution < 1.29 is 9.59 Å². The van der Waals surface area contributed by atoms with E-state index in [0.29, 0.717) is 18.4 Å². The summed E-state index contributed by atoms with van der Waals surface area (Å²) in [5, 5.41) is 12.8. The number of allylic oxidation sites excluding steroid dienone is 2. The molecule has 1 atom stereocenters. The molecule has 1 aliphatic heterocycles. The summed E-state index contributed by atoms with van der Waals surface area (Å²) in [6, 6.07) is 4.48. The van der Waals surface area contributed by atoms with Crippen molar-refractivity contribution in [2.24, 2.45) is 0 Å². The number of carbonyl (C=O) groups is 2. The van der Waals surface area contributed by atoms with Gasteiger partial charge >= 0.3 is 0 Å². The molecule has 5 rings (SSSR count). The van der Waals surface area contributed by atoms with Gasteiger partial charge in [-0.15, -0.1) is 22.7 Å². The van der Waals surface area contributed by atoms with Gasteiger partial charge < -0.3 is 0 Å². The summed E-state index contributed by atoms with van der Waals surface area (Å²) in [5.41, 5.74) is 4.63. The predicted molar refractivity (Wildman–Crippen MR) is 120 cm³/mol. The van der Waals surface area contributed by atoms with Gasteiger partial charge in [-0.3, -0.25) is 14.5 Å². The number of thiophene rings is 2. The maximum atomic E-state index is 13.5. The van der Waals surface area contributed by atoms with Crippen molar-refractivity contribution in [2.75, 3.05) is 4.90 Å². The molecule has 0 saturated carbocycles. The number of fused-ring (bicyclic) bond motifs is 1. The lowest BCUT2D eigenvalue weighted by molar-refractivity contribution is -0.119. The van der Waals surface area contributed by atoms with E-state index in [1.807, 2.05) is 5.38 Å². The molecule has 6 heteroatoms. The number of hydrogen-bond donors (Lipinski definition) is 0. The van der Waals surface area contributed by atoms with Crippen molar-refractivity contribution in [1.82, 2.24) is 0 Å². The summed E-state index contributed by atoms with van der Waals surface area (Å²) in [4.78, 5) is 30.7. The molecule has 2 aliphatic carbocycles. The Kier molecular flexibility index (Phi) is 5.12. The lowest BCUT2D eigenvalue weighted by Crippen LogP contribution is -2.40. The molecule has 2 aromatic rings. The zero-order valence-electron chi connectivity index (χ0n) is 17.1. The van der Waals surface area contributed by atoms with Crippen LogP contribution in [0.2, 0.25) is 0 Å². The number of nitriles is 1. The smallest absolute Gasteiger partial charge is 0.232 e. The quantitative estimate of drug-likeness (QED) is 0.560. The number of hydrogen-bond acceptors (Lipinski definition) is 5. The Morgan fingerprint density at radius 1 is 1.10 bits per heavy atom. The van der Waals surface area contributed by atoms with E-state index in [-0.39, 0.29) is 17.6 Å². The molecular formula is C24H24N2O2S2. The highest BCUT2D eigenvalue weighted by Crippen LogP contribution is 2.48. The molecule has 4 nitrogen and oxygen atoms in total. The average Bonchev–Trinajstić information content (AvgIpc) is 3.22. The fourth-order valence-electron chi connectivity index (χ4n) is 5.19. The van der Waals surface area contributed by atoms with Gasteiger partial charge in [0, 0.05) is 39.8 Å². The van der Waals surface area contributed by atoms with Crippen LogP contribution in [0.25, 0.3) is 0 Å². The van der Waals surface area contributed by atoms with E-state index < -0.39 is 0 Å². The van der Waals surface area contributed by atoms with Gasteiger partial charge in [-0.2, -0.15) is 5.26 Å². The third-order valence-electron chi connectivity index (χ3n) is 6.61. The number of carbonyl (C=O) groups excluding carboxylic acids is 2. The molecule has 30 heavy (non-hydrogen) atoms. The molecule has 0 saturated heterocycles. The normalized spacial score (nSPS) is 21.9. The number of nitrogens with zero attached hydrogens (tertiary/aromatic N) is 2. The molecular weight excluding hydrogens is 412 g/mol. The Balaban J connectivity index is 1.68. The van der Waals surface area contributed by atoms with Crippen LogP contribution in [0.15, 0.2) is 22.7 Å². The molecule has 0 aromatic carbocycles. The first-order valence-corrected chi connectivity index (χ1v) is 12.5. The maximum absolute atomic E-state index is 13.5. The molecule has 0 N–H and O–H groups in total. The highest BCUT2D eigenvalue weighted by Gasteiger charge is 2.42. The van der Waals surface area contributed by atoms with Crippen LogP contribution in [0.4, 0.5) is 5.00 Å². The van der Waals surface area contributed by atoms with Gasteiger partial charge in [0.25, 0.3) is 0 Å². The third-order valence-corrected chi connectivity index (χ3v) is 9.02. The standard InChI is InChI=1S/C24H24N2O2S2/c1-14-10-11-29-23(14)16-12-21(28)26(18-7-5-8-19(27)22(16)18)24-17(13-25)15-6-3-2-4-9-20(15)30-24/h10-11,16H,2-9,12H2,1H3/t16-/m1/s1. The van der Waals surface area contributed by atoms with Gasteiger partial charge in [-0.05, 0) is 68.0 Å². The van der Waals surface area contributed by atoms with Gasteiger partial charge in [-0.25, -0.2) is 0 Å². The SMILES string of the molecule is Cc1ccsc1[C@@H]1CC(=O)N(c2sc3c(c2C#N)CCCCC3)C2=C1C(=O)CCC2. The molecule has 0 unspecified atom stereocenters. The van der Waals surface area contributed by atoms with E-state index in [9.17, 15) is 14.9 Å². The average molecular weight is 437 g/mol.